The van der Waals surface area contributed by atoms with Crippen LogP contribution in [-0.2, 0) is 18.3 Å². The molecular weight excluding hydrogens is 396 g/mol. The Morgan fingerprint density at radius 1 is 1.14 bits per heavy atom. The second-order valence-corrected chi connectivity index (χ2v) is 6.90. The molecule has 0 saturated carbocycles. The number of amides is 1. The number of aromatic nitrogens is 1. The number of carbonyl (C=O) groups excluding carboxylic acids is 1. The number of halogens is 1. The molecule has 0 radical (unpaired) electrons. The monoisotopic (exact) mass is 416 g/mol. The molecule has 2 aromatic carbocycles. The van der Waals surface area contributed by atoms with E-state index >= 15 is 0 Å². The Morgan fingerprint density at radius 2 is 1.79 bits per heavy atom. The molecule has 0 fully saturated rings. The Bertz CT molecular complexity index is 1110. The van der Waals surface area contributed by atoms with Crippen LogP contribution in [0.1, 0.15) is 16.1 Å². The molecule has 0 spiro atoms. The van der Waals surface area contributed by atoms with Crippen molar-refractivity contribution in [3.63, 3.8) is 0 Å². The molecule has 8 heteroatoms. The molecular formula is C21H21ClN2O5. The van der Waals surface area contributed by atoms with Gasteiger partial charge in [0.05, 0.1) is 31.4 Å². The molecule has 3 rings (SSSR count). The maximum absolute atomic E-state index is 13.1. The van der Waals surface area contributed by atoms with Crippen molar-refractivity contribution in [3.05, 3.63) is 52.7 Å². The van der Waals surface area contributed by atoms with E-state index in [-0.39, 0.29) is 18.0 Å². The fraction of sp³-hybridized carbons (Fsp3) is 0.238. The number of carboxylic acid groups (broad SMARTS) is 1. The van der Waals surface area contributed by atoms with Crippen molar-refractivity contribution < 1.29 is 24.2 Å². The van der Waals surface area contributed by atoms with Gasteiger partial charge in [0.1, 0.15) is 17.2 Å². The van der Waals surface area contributed by atoms with Crippen LogP contribution in [0, 0.1) is 0 Å². The average molecular weight is 417 g/mol. The van der Waals surface area contributed by atoms with Crippen LogP contribution in [0.5, 0.6) is 11.5 Å². The zero-order valence-corrected chi connectivity index (χ0v) is 17.3. The summed E-state index contributed by atoms with van der Waals surface area (Å²) in [6.07, 6.45) is -0.0910. The predicted octanol–water partition coefficient (Wildman–Crippen LogP) is 3.75. The molecule has 0 unspecified atom stereocenters. The number of aryl methyl sites for hydroxylation is 1. The minimum Gasteiger partial charge on any atom is -0.495 e. The van der Waals surface area contributed by atoms with Crippen molar-refractivity contribution >= 4 is 40.1 Å². The SMILES string of the molecule is COc1cc(OC)c(N(C)C(=O)Cc2c(C(=O)O)n(C)c3ccccc23)cc1Cl. The van der Waals surface area contributed by atoms with E-state index in [0.29, 0.717) is 27.8 Å². The number of benzene rings is 2. The first-order valence-corrected chi connectivity index (χ1v) is 9.15. The topological polar surface area (TPSA) is 81.0 Å². The van der Waals surface area contributed by atoms with Crippen LogP contribution in [0.4, 0.5) is 5.69 Å². The maximum atomic E-state index is 13.1. The number of carboxylic acids is 1. The van der Waals surface area contributed by atoms with Crippen LogP contribution >= 0.6 is 11.6 Å². The molecule has 1 aromatic heterocycles. The standard InChI is InChI=1S/C21H21ClN2O5/c1-23(16-10-14(22)17(28-3)11-18(16)29-4)19(25)9-13-12-7-5-6-8-15(12)24(2)20(13)21(26)27/h5-8,10-11H,9H2,1-4H3,(H,26,27). The molecule has 0 bridgehead atoms. The van der Waals surface area contributed by atoms with E-state index < -0.39 is 5.97 Å². The predicted molar refractivity (Wildman–Crippen MR) is 112 cm³/mol. The lowest BCUT2D eigenvalue weighted by Gasteiger charge is -2.21. The van der Waals surface area contributed by atoms with Gasteiger partial charge in [-0.15, -0.1) is 0 Å². The van der Waals surface area contributed by atoms with E-state index in [0.717, 1.165) is 10.9 Å². The van der Waals surface area contributed by atoms with Crippen molar-refractivity contribution in [1.29, 1.82) is 0 Å². The number of para-hydroxylation sites is 1. The van der Waals surface area contributed by atoms with E-state index in [2.05, 4.69) is 0 Å². The maximum Gasteiger partial charge on any atom is 0.352 e. The van der Waals surface area contributed by atoms with Gasteiger partial charge in [-0.05, 0) is 12.1 Å². The zero-order chi connectivity index (χ0) is 21.3. The zero-order valence-electron chi connectivity index (χ0n) is 16.5. The number of methoxy groups -OCH3 is 2. The van der Waals surface area contributed by atoms with Gasteiger partial charge in [-0.2, -0.15) is 0 Å². The fourth-order valence-electron chi connectivity index (χ4n) is 3.43. The first-order chi connectivity index (χ1) is 13.8. The van der Waals surface area contributed by atoms with Crippen LogP contribution in [0.3, 0.4) is 0 Å². The Morgan fingerprint density at radius 3 is 2.41 bits per heavy atom. The lowest BCUT2D eigenvalue weighted by molar-refractivity contribution is -0.117. The van der Waals surface area contributed by atoms with E-state index in [1.54, 1.807) is 30.8 Å². The molecule has 3 aromatic rings. The van der Waals surface area contributed by atoms with Gasteiger partial charge in [0.2, 0.25) is 5.91 Å². The number of ether oxygens (including phenoxy) is 2. The number of hydrogen-bond donors (Lipinski definition) is 1. The summed E-state index contributed by atoms with van der Waals surface area (Å²) in [7, 11) is 6.24. The highest BCUT2D eigenvalue weighted by Crippen LogP contribution is 2.38. The number of aromatic carboxylic acids is 1. The summed E-state index contributed by atoms with van der Waals surface area (Å²) in [6.45, 7) is 0. The van der Waals surface area contributed by atoms with Crippen LogP contribution in [0.25, 0.3) is 10.9 Å². The minimum absolute atomic E-state index is 0.0904. The van der Waals surface area contributed by atoms with E-state index in [1.165, 1.54) is 19.1 Å². The number of nitrogens with zero attached hydrogens (tertiary/aromatic N) is 2. The first-order valence-electron chi connectivity index (χ1n) is 8.77. The highest BCUT2D eigenvalue weighted by Gasteiger charge is 2.25. The molecule has 1 heterocycles. The van der Waals surface area contributed by atoms with Crippen LogP contribution in [0.15, 0.2) is 36.4 Å². The summed E-state index contributed by atoms with van der Waals surface area (Å²) < 4.78 is 12.1. The van der Waals surface area contributed by atoms with E-state index in [4.69, 9.17) is 21.1 Å². The van der Waals surface area contributed by atoms with E-state index in [1.807, 2.05) is 24.3 Å². The second-order valence-electron chi connectivity index (χ2n) is 6.50. The number of carbonyl (C=O) groups is 2. The molecule has 1 N–H and O–H groups in total. The summed E-state index contributed by atoms with van der Waals surface area (Å²) in [4.78, 5) is 26.3. The van der Waals surface area contributed by atoms with E-state index in [9.17, 15) is 14.7 Å². The summed E-state index contributed by atoms with van der Waals surface area (Å²) in [5.74, 6) is -0.545. The average Bonchev–Trinajstić information content (AvgIpc) is 2.99. The Kier molecular flexibility index (Phi) is 5.70. The largest absolute Gasteiger partial charge is 0.495 e. The van der Waals surface area contributed by atoms with Crippen LogP contribution in [-0.4, -0.2) is 42.8 Å². The van der Waals surface area contributed by atoms with Crippen LogP contribution < -0.4 is 14.4 Å². The van der Waals surface area contributed by atoms with Crippen LogP contribution in [0.2, 0.25) is 5.02 Å². The quantitative estimate of drug-likeness (QED) is 0.661. The van der Waals surface area contributed by atoms with Gasteiger partial charge < -0.3 is 24.0 Å². The highest BCUT2D eigenvalue weighted by molar-refractivity contribution is 6.32. The second kappa shape index (κ2) is 8.05. The Hall–Kier alpha value is -3.19. The van der Waals surface area contributed by atoms with Gasteiger partial charge in [0.15, 0.2) is 0 Å². The van der Waals surface area contributed by atoms with Crippen molar-refractivity contribution in [1.82, 2.24) is 4.57 Å². The third kappa shape index (κ3) is 3.61. The van der Waals surface area contributed by atoms with Gasteiger partial charge in [-0.3, -0.25) is 4.79 Å². The van der Waals surface area contributed by atoms with Gasteiger partial charge >= 0.3 is 5.97 Å². The molecule has 7 nitrogen and oxygen atoms in total. The molecule has 29 heavy (non-hydrogen) atoms. The van der Waals surface area contributed by atoms with Crippen molar-refractivity contribution in [2.45, 2.75) is 6.42 Å². The summed E-state index contributed by atoms with van der Waals surface area (Å²) >= 11 is 6.22. The lowest BCUT2D eigenvalue weighted by Crippen LogP contribution is -2.29. The molecule has 0 aliphatic heterocycles. The smallest absolute Gasteiger partial charge is 0.352 e. The first kappa shape index (κ1) is 20.5. The minimum atomic E-state index is -1.08. The fourth-order valence-corrected chi connectivity index (χ4v) is 3.67. The Labute approximate surface area is 173 Å². The van der Waals surface area contributed by atoms with Gasteiger partial charge in [-0.1, -0.05) is 29.8 Å². The van der Waals surface area contributed by atoms with Crippen molar-refractivity contribution in [2.24, 2.45) is 7.05 Å². The normalized spacial score (nSPS) is 10.8. The highest BCUT2D eigenvalue weighted by atomic mass is 35.5. The van der Waals surface area contributed by atoms with Gasteiger partial charge in [0, 0.05) is 36.6 Å². The molecule has 0 saturated heterocycles. The van der Waals surface area contributed by atoms with Gasteiger partial charge in [0.25, 0.3) is 0 Å². The Balaban J connectivity index is 2.03. The molecule has 1 amide bonds. The van der Waals surface area contributed by atoms with Crippen molar-refractivity contribution in [3.8, 4) is 11.5 Å². The number of hydrogen-bond acceptors (Lipinski definition) is 4. The summed E-state index contributed by atoms with van der Waals surface area (Å²) in [5.41, 5.74) is 1.76. The summed E-state index contributed by atoms with van der Waals surface area (Å²) in [5, 5.41) is 10.8. The third-order valence-electron chi connectivity index (χ3n) is 4.93. The van der Waals surface area contributed by atoms with Gasteiger partial charge in [-0.25, -0.2) is 4.79 Å². The lowest BCUT2D eigenvalue weighted by atomic mass is 10.1. The number of anilines is 1. The molecule has 0 aliphatic rings. The third-order valence-corrected chi connectivity index (χ3v) is 5.23. The number of likely N-dealkylation sites (N-methyl/N-ethyl adjacent to an activating group) is 1. The molecule has 152 valence electrons. The number of rotatable bonds is 6. The number of fused-ring (bicyclic) bond motifs is 1. The molecule has 0 aliphatic carbocycles. The van der Waals surface area contributed by atoms with Crippen molar-refractivity contribution in [2.75, 3.05) is 26.2 Å². The molecule has 0 atom stereocenters. The summed E-state index contributed by atoms with van der Waals surface area (Å²) in [6, 6.07) is 10.5.